The summed E-state index contributed by atoms with van der Waals surface area (Å²) in [5, 5.41) is 10.1. The SMILES string of the molecule is CCOC1CCCN(C2CCCc3c(O)cccc32)C1. The molecule has 1 fully saturated rings. The van der Waals surface area contributed by atoms with Crippen LogP contribution in [-0.2, 0) is 11.2 Å². The van der Waals surface area contributed by atoms with Crippen LogP contribution in [0.1, 0.15) is 49.8 Å². The van der Waals surface area contributed by atoms with Gasteiger partial charge in [0.05, 0.1) is 6.10 Å². The maximum absolute atomic E-state index is 10.1. The minimum Gasteiger partial charge on any atom is -0.508 e. The minimum absolute atomic E-state index is 0.386. The van der Waals surface area contributed by atoms with E-state index in [0.29, 0.717) is 17.9 Å². The van der Waals surface area contributed by atoms with Crippen molar-refractivity contribution in [2.24, 2.45) is 0 Å². The van der Waals surface area contributed by atoms with Crippen LogP contribution in [-0.4, -0.2) is 35.8 Å². The van der Waals surface area contributed by atoms with Gasteiger partial charge in [-0.05, 0) is 62.8 Å². The Labute approximate surface area is 121 Å². The normalized spacial score (nSPS) is 27.2. The number of phenolic OH excluding ortho intramolecular Hbond substituents is 1. The fraction of sp³-hybridized carbons (Fsp3) is 0.647. The fourth-order valence-electron chi connectivity index (χ4n) is 3.80. The summed E-state index contributed by atoms with van der Waals surface area (Å²) in [7, 11) is 0. The largest absolute Gasteiger partial charge is 0.508 e. The van der Waals surface area contributed by atoms with E-state index in [1.807, 2.05) is 12.1 Å². The molecule has 0 saturated carbocycles. The molecule has 0 spiro atoms. The van der Waals surface area contributed by atoms with Gasteiger partial charge in [-0.1, -0.05) is 12.1 Å². The molecule has 20 heavy (non-hydrogen) atoms. The minimum atomic E-state index is 0.386. The van der Waals surface area contributed by atoms with Crippen molar-refractivity contribution >= 4 is 0 Å². The second-order valence-corrected chi connectivity index (χ2v) is 5.97. The molecule has 3 nitrogen and oxygen atoms in total. The van der Waals surface area contributed by atoms with E-state index in [1.165, 1.54) is 36.8 Å². The van der Waals surface area contributed by atoms with Gasteiger partial charge < -0.3 is 9.84 Å². The van der Waals surface area contributed by atoms with E-state index in [2.05, 4.69) is 17.9 Å². The molecular weight excluding hydrogens is 250 g/mol. The third-order valence-corrected chi connectivity index (χ3v) is 4.70. The van der Waals surface area contributed by atoms with Gasteiger partial charge >= 0.3 is 0 Å². The second kappa shape index (κ2) is 6.15. The Balaban J connectivity index is 1.80. The van der Waals surface area contributed by atoms with Crippen molar-refractivity contribution in [1.29, 1.82) is 0 Å². The number of phenols is 1. The summed E-state index contributed by atoms with van der Waals surface area (Å²) >= 11 is 0. The molecule has 0 aromatic heterocycles. The molecule has 0 radical (unpaired) electrons. The van der Waals surface area contributed by atoms with Gasteiger partial charge in [0.15, 0.2) is 0 Å². The summed E-state index contributed by atoms with van der Waals surface area (Å²) in [6.45, 7) is 5.07. The number of ether oxygens (including phenoxy) is 1. The van der Waals surface area contributed by atoms with E-state index in [0.717, 1.165) is 26.1 Å². The third-order valence-electron chi connectivity index (χ3n) is 4.70. The van der Waals surface area contributed by atoms with Crippen LogP contribution in [0.4, 0.5) is 0 Å². The molecular formula is C17H25NO2. The molecule has 0 bridgehead atoms. The molecule has 1 aliphatic carbocycles. The average molecular weight is 275 g/mol. The van der Waals surface area contributed by atoms with Crippen molar-refractivity contribution < 1.29 is 9.84 Å². The Hall–Kier alpha value is -1.06. The lowest BCUT2D eigenvalue weighted by atomic mass is 9.85. The van der Waals surface area contributed by atoms with E-state index in [-0.39, 0.29) is 0 Å². The maximum atomic E-state index is 10.1. The first-order chi connectivity index (χ1) is 9.79. The average Bonchev–Trinajstić information content (AvgIpc) is 2.48. The van der Waals surface area contributed by atoms with Crippen molar-refractivity contribution in [3.63, 3.8) is 0 Å². The van der Waals surface area contributed by atoms with Gasteiger partial charge in [-0.2, -0.15) is 0 Å². The van der Waals surface area contributed by atoms with Gasteiger partial charge in [-0.25, -0.2) is 0 Å². The standard InChI is InChI=1S/C17H25NO2/c1-2-20-13-6-5-11-18(12-13)16-9-3-8-15-14(16)7-4-10-17(15)19/h4,7,10,13,16,19H,2-3,5-6,8-9,11-12H2,1H3. The van der Waals surface area contributed by atoms with Crippen LogP contribution in [0.2, 0.25) is 0 Å². The van der Waals surface area contributed by atoms with E-state index >= 15 is 0 Å². The van der Waals surface area contributed by atoms with Crippen molar-refractivity contribution in [2.75, 3.05) is 19.7 Å². The maximum Gasteiger partial charge on any atom is 0.119 e. The predicted octanol–water partition coefficient (Wildman–Crippen LogP) is 3.27. The third kappa shape index (κ3) is 2.70. The lowest BCUT2D eigenvalue weighted by molar-refractivity contribution is -0.0101. The second-order valence-electron chi connectivity index (χ2n) is 5.97. The smallest absolute Gasteiger partial charge is 0.119 e. The molecule has 1 aromatic rings. The highest BCUT2D eigenvalue weighted by atomic mass is 16.5. The monoisotopic (exact) mass is 275 g/mol. The van der Waals surface area contributed by atoms with E-state index in [1.54, 1.807) is 0 Å². The highest BCUT2D eigenvalue weighted by molar-refractivity contribution is 5.42. The molecule has 1 heterocycles. The first-order valence-corrected chi connectivity index (χ1v) is 7.96. The Morgan fingerprint density at radius 2 is 2.20 bits per heavy atom. The summed E-state index contributed by atoms with van der Waals surface area (Å²) in [6, 6.07) is 6.47. The number of rotatable bonds is 3. The van der Waals surface area contributed by atoms with Gasteiger partial charge in [0.25, 0.3) is 0 Å². The molecule has 110 valence electrons. The molecule has 2 atom stereocenters. The van der Waals surface area contributed by atoms with Gasteiger partial charge in [0.2, 0.25) is 0 Å². The summed E-state index contributed by atoms with van der Waals surface area (Å²) in [5.41, 5.74) is 2.51. The van der Waals surface area contributed by atoms with E-state index in [4.69, 9.17) is 4.74 Å². The lowest BCUT2D eigenvalue weighted by Crippen LogP contribution is -2.42. The number of benzene rings is 1. The molecule has 3 heteroatoms. The molecule has 3 rings (SSSR count). The summed E-state index contributed by atoms with van der Waals surface area (Å²) in [5.74, 6) is 0.477. The number of hydrogen-bond acceptors (Lipinski definition) is 3. The summed E-state index contributed by atoms with van der Waals surface area (Å²) < 4.78 is 5.82. The van der Waals surface area contributed by atoms with Crippen LogP contribution in [0.5, 0.6) is 5.75 Å². The van der Waals surface area contributed by atoms with Gasteiger partial charge in [0.1, 0.15) is 5.75 Å². The zero-order valence-electron chi connectivity index (χ0n) is 12.3. The van der Waals surface area contributed by atoms with Crippen molar-refractivity contribution in [1.82, 2.24) is 4.90 Å². The van der Waals surface area contributed by atoms with Gasteiger partial charge in [-0.15, -0.1) is 0 Å². The lowest BCUT2D eigenvalue weighted by Gasteiger charge is -2.40. The molecule has 1 aromatic carbocycles. The molecule has 1 N–H and O–H groups in total. The van der Waals surface area contributed by atoms with E-state index < -0.39 is 0 Å². The number of aromatic hydroxyl groups is 1. The summed E-state index contributed by atoms with van der Waals surface area (Å²) in [6.07, 6.45) is 6.18. The van der Waals surface area contributed by atoms with Gasteiger partial charge in [-0.3, -0.25) is 4.90 Å². The van der Waals surface area contributed by atoms with Crippen LogP contribution in [0, 0.1) is 0 Å². The van der Waals surface area contributed by atoms with Gasteiger partial charge in [0, 0.05) is 19.2 Å². The Kier molecular flexibility index (Phi) is 4.27. The van der Waals surface area contributed by atoms with Crippen LogP contribution < -0.4 is 0 Å². The Morgan fingerprint density at radius 3 is 3.05 bits per heavy atom. The van der Waals surface area contributed by atoms with Crippen LogP contribution in [0.3, 0.4) is 0 Å². The number of hydrogen-bond donors (Lipinski definition) is 1. The Morgan fingerprint density at radius 1 is 1.30 bits per heavy atom. The highest BCUT2D eigenvalue weighted by Gasteiger charge is 2.30. The summed E-state index contributed by atoms with van der Waals surface area (Å²) in [4.78, 5) is 2.57. The zero-order valence-corrected chi connectivity index (χ0v) is 12.3. The van der Waals surface area contributed by atoms with Crippen LogP contribution >= 0.6 is 0 Å². The van der Waals surface area contributed by atoms with E-state index in [9.17, 15) is 5.11 Å². The molecule has 2 aliphatic rings. The fourth-order valence-corrected chi connectivity index (χ4v) is 3.80. The van der Waals surface area contributed by atoms with Crippen molar-refractivity contribution in [3.8, 4) is 5.75 Å². The molecule has 0 amide bonds. The zero-order chi connectivity index (χ0) is 13.9. The molecule has 1 aliphatic heterocycles. The predicted molar refractivity (Wildman–Crippen MR) is 80.0 cm³/mol. The number of likely N-dealkylation sites (tertiary alicyclic amines) is 1. The highest BCUT2D eigenvalue weighted by Crippen LogP contribution is 2.39. The van der Waals surface area contributed by atoms with Crippen molar-refractivity contribution in [3.05, 3.63) is 29.3 Å². The first kappa shape index (κ1) is 13.9. The number of nitrogens with zero attached hydrogens (tertiary/aromatic N) is 1. The molecule has 2 unspecified atom stereocenters. The number of fused-ring (bicyclic) bond motifs is 1. The number of piperidine rings is 1. The van der Waals surface area contributed by atoms with Crippen LogP contribution in [0.25, 0.3) is 0 Å². The Bertz CT molecular complexity index is 458. The first-order valence-electron chi connectivity index (χ1n) is 7.96. The topological polar surface area (TPSA) is 32.7 Å². The van der Waals surface area contributed by atoms with Crippen LogP contribution in [0.15, 0.2) is 18.2 Å². The molecule has 1 saturated heterocycles. The van der Waals surface area contributed by atoms with Crippen molar-refractivity contribution in [2.45, 2.75) is 51.2 Å². The quantitative estimate of drug-likeness (QED) is 0.919.